The highest BCUT2D eigenvalue weighted by Crippen LogP contribution is 2.19. The van der Waals surface area contributed by atoms with E-state index < -0.39 is 0 Å². The number of benzene rings is 2. The quantitative estimate of drug-likeness (QED) is 0.725. The van der Waals surface area contributed by atoms with Crippen molar-refractivity contribution in [1.29, 1.82) is 0 Å². The molecule has 1 atom stereocenters. The number of hydrogen-bond donors (Lipinski definition) is 1. The summed E-state index contributed by atoms with van der Waals surface area (Å²) in [7, 11) is 0. The van der Waals surface area contributed by atoms with Gasteiger partial charge in [0.15, 0.2) is 12.4 Å². The third-order valence-electron chi connectivity index (χ3n) is 5.05. The topological polar surface area (TPSA) is 45.5 Å². The Hall–Kier alpha value is -2.92. The molecule has 1 saturated heterocycles. The van der Waals surface area contributed by atoms with Crippen LogP contribution in [0.1, 0.15) is 13.0 Å². The number of pyridine rings is 1. The van der Waals surface area contributed by atoms with Crippen molar-refractivity contribution in [3.8, 4) is 0 Å². The van der Waals surface area contributed by atoms with Crippen LogP contribution in [0.3, 0.4) is 0 Å². The van der Waals surface area contributed by atoms with E-state index in [0.29, 0.717) is 0 Å². The van der Waals surface area contributed by atoms with Gasteiger partial charge in [-0.1, -0.05) is 18.2 Å². The van der Waals surface area contributed by atoms with E-state index in [9.17, 15) is 4.79 Å². The average Bonchev–Trinajstić information content (AvgIpc) is 2.74. The third kappa shape index (κ3) is 3.93. The van der Waals surface area contributed by atoms with Crippen molar-refractivity contribution in [2.75, 3.05) is 36.5 Å². The van der Waals surface area contributed by atoms with Crippen molar-refractivity contribution < 1.29 is 14.1 Å². The lowest BCUT2D eigenvalue weighted by Crippen LogP contribution is -2.44. The van der Waals surface area contributed by atoms with Crippen LogP contribution in [0.15, 0.2) is 67.0 Å². The molecule has 1 fully saturated rings. The van der Waals surface area contributed by atoms with E-state index in [0.717, 1.165) is 43.1 Å². The Morgan fingerprint density at radius 1 is 1.04 bits per heavy atom. The number of aromatic nitrogens is 1. The van der Waals surface area contributed by atoms with Crippen molar-refractivity contribution in [1.82, 2.24) is 0 Å². The van der Waals surface area contributed by atoms with E-state index in [1.807, 2.05) is 54.2 Å². The number of hydrogen-bond acceptors (Lipinski definition) is 3. The molecular weight excluding hydrogens is 338 g/mol. The minimum absolute atomic E-state index is 0.0330. The molecule has 1 aliphatic rings. The van der Waals surface area contributed by atoms with E-state index in [-0.39, 0.29) is 11.9 Å². The first-order valence-electron chi connectivity index (χ1n) is 9.34. The van der Waals surface area contributed by atoms with Gasteiger partial charge in [0.2, 0.25) is 6.04 Å². The molecule has 4 rings (SSSR count). The van der Waals surface area contributed by atoms with Crippen LogP contribution in [-0.2, 0) is 9.53 Å². The number of fused-ring (bicyclic) bond motifs is 1. The van der Waals surface area contributed by atoms with Gasteiger partial charge in [-0.05, 0) is 35.7 Å². The highest BCUT2D eigenvalue weighted by atomic mass is 16.5. The number of nitrogens with one attached hydrogen (secondary N) is 1. The summed E-state index contributed by atoms with van der Waals surface area (Å²) < 4.78 is 7.34. The van der Waals surface area contributed by atoms with E-state index in [2.05, 4.69) is 34.5 Å². The standard InChI is InChI=1S/C22H23N3O2/c1-17(25-11-10-18-4-2-3-5-19(18)16-25)22(26)23-20-6-8-21(9-7-20)24-12-14-27-15-13-24/h2-11,16-17H,12-15H2,1H3/p+1/t17-/m1/s1. The molecule has 1 amide bonds. The van der Waals surface area contributed by atoms with Gasteiger partial charge in [-0.25, -0.2) is 0 Å². The van der Waals surface area contributed by atoms with Gasteiger partial charge in [-0.15, -0.1) is 0 Å². The zero-order chi connectivity index (χ0) is 18.6. The van der Waals surface area contributed by atoms with Crippen LogP contribution in [-0.4, -0.2) is 32.2 Å². The summed E-state index contributed by atoms with van der Waals surface area (Å²) in [5.74, 6) is -0.0330. The van der Waals surface area contributed by atoms with Gasteiger partial charge >= 0.3 is 0 Å². The van der Waals surface area contributed by atoms with Gasteiger partial charge < -0.3 is 15.0 Å². The Bertz CT molecular complexity index is 934. The molecule has 1 aliphatic heterocycles. The lowest BCUT2D eigenvalue weighted by atomic mass is 10.1. The second-order valence-corrected chi connectivity index (χ2v) is 6.83. The van der Waals surface area contributed by atoms with Gasteiger partial charge in [0.1, 0.15) is 0 Å². The van der Waals surface area contributed by atoms with Gasteiger partial charge in [0.25, 0.3) is 5.91 Å². The molecule has 0 saturated carbocycles. The fourth-order valence-electron chi connectivity index (χ4n) is 3.35. The summed E-state index contributed by atoms with van der Waals surface area (Å²) in [6.45, 7) is 5.24. The van der Waals surface area contributed by atoms with Crippen molar-refractivity contribution in [2.45, 2.75) is 13.0 Å². The highest BCUT2D eigenvalue weighted by molar-refractivity contribution is 5.92. The molecule has 0 spiro atoms. The summed E-state index contributed by atoms with van der Waals surface area (Å²) in [6, 6.07) is 17.9. The number of anilines is 2. The number of amides is 1. The van der Waals surface area contributed by atoms with Crippen LogP contribution in [0.25, 0.3) is 10.8 Å². The lowest BCUT2D eigenvalue weighted by molar-refractivity contribution is -0.704. The minimum atomic E-state index is -0.298. The second kappa shape index (κ2) is 7.76. The van der Waals surface area contributed by atoms with Gasteiger partial charge in [0.05, 0.1) is 13.2 Å². The number of morpholine rings is 1. The molecule has 138 valence electrons. The molecule has 3 aromatic rings. The largest absolute Gasteiger partial charge is 0.378 e. The zero-order valence-electron chi connectivity index (χ0n) is 15.5. The van der Waals surface area contributed by atoms with Gasteiger partial charge in [-0.3, -0.25) is 4.79 Å². The van der Waals surface area contributed by atoms with Crippen LogP contribution >= 0.6 is 0 Å². The van der Waals surface area contributed by atoms with Gasteiger partial charge in [-0.2, -0.15) is 4.57 Å². The Morgan fingerprint density at radius 3 is 2.48 bits per heavy atom. The number of rotatable bonds is 4. The van der Waals surface area contributed by atoms with E-state index >= 15 is 0 Å². The van der Waals surface area contributed by atoms with Crippen molar-refractivity contribution in [2.24, 2.45) is 0 Å². The van der Waals surface area contributed by atoms with Crippen molar-refractivity contribution >= 4 is 28.1 Å². The molecular formula is C22H24N3O2+. The molecule has 0 unspecified atom stereocenters. The number of nitrogens with zero attached hydrogens (tertiary/aromatic N) is 2. The SMILES string of the molecule is C[C@H](C(=O)Nc1ccc(N2CCOCC2)cc1)[n+]1ccc2ccccc2c1. The summed E-state index contributed by atoms with van der Waals surface area (Å²) in [4.78, 5) is 15.0. The lowest BCUT2D eigenvalue weighted by Gasteiger charge is -2.28. The normalized spacial score (nSPS) is 15.5. The van der Waals surface area contributed by atoms with Crippen LogP contribution < -0.4 is 14.8 Å². The highest BCUT2D eigenvalue weighted by Gasteiger charge is 2.22. The van der Waals surface area contributed by atoms with Crippen LogP contribution in [0.2, 0.25) is 0 Å². The molecule has 5 heteroatoms. The molecule has 0 aliphatic carbocycles. The second-order valence-electron chi connectivity index (χ2n) is 6.83. The monoisotopic (exact) mass is 362 g/mol. The Labute approximate surface area is 159 Å². The average molecular weight is 362 g/mol. The van der Waals surface area contributed by atoms with Crippen molar-refractivity contribution in [3.63, 3.8) is 0 Å². The molecule has 27 heavy (non-hydrogen) atoms. The molecule has 2 heterocycles. The molecule has 1 N–H and O–H groups in total. The molecule has 5 nitrogen and oxygen atoms in total. The molecule has 2 aromatic carbocycles. The number of carbonyl (C=O) groups excluding carboxylic acids is 1. The first kappa shape index (κ1) is 17.5. The first-order valence-corrected chi connectivity index (χ1v) is 9.34. The zero-order valence-corrected chi connectivity index (χ0v) is 15.5. The minimum Gasteiger partial charge on any atom is -0.378 e. The fraction of sp³-hybridized carbons (Fsp3) is 0.273. The first-order chi connectivity index (χ1) is 13.2. The maximum Gasteiger partial charge on any atom is 0.293 e. The predicted molar refractivity (Wildman–Crippen MR) is 107 cm³/mol. The Kier molecular flexibility index (Phi) is 5.03. The van der Waals surface area contributed by atoms with Crippen LogP contribution in [0, 0.1) is 0 Å². The Balaban J connectivity index is 1.44. The summed E-state index contributed by atoms with van der Waals surface area (Å²) in [6.07, 6.45) is 3.97. The predicted octanol–water partition coefficient (Wildman–Crippen LogP) is 3.16. The van der Waals surface area contributed by atoms with Crippen LogP contribution in [0.5, 0.6) is 0 Å². The van der Waals surface area contributed by atoms with Crippen LogP contribution in [0.4, 0.5) is 11.4 Å². The van der Waals surface area contributed by atoms with E-state index in [1.165, 1.54) is 5.39 Å². The summed E-state index contributed by atoms with van der Waals surface area (Å²) in [5.41, 5.74) is 1.97. The summed E-state index contributed by atoms with van der Waals surface area (Å²) in [5, 5.41) is 5.30. The molecule has 0 bridgehead atoms. The third-order valence-corrected chi connectivity index (χ3v) is 5.05. The fourth-order valence-corrected chi connectivity index (χ4v) is 3.35. The van der Waals surface area contributed by atoms with Gasteiger partial charge in [0, 0.05) is 42.8 Å². The maximum atomic E-state index is 12.7. The maximum absolute atomic E-state index is 12.7. The number of carbonyl (C=O) groups is 1. The van der Waals surface area contributed by atoms with E-state index in [1.54, 1.807) is 0 Å². The molecule has 1 aromatic heterocycles. The van der Waals surface area contributed by atoms with Crippen molar-refractivity contribution in [3.05, 3.63) is 67.0 Å². The summed E-state index contributed by atoms with van der Waals surface area (Å²) >= 11 is 0. The van der Waals surface area contributed by atoms with E-state index in [4.69, 9.17) is 4.74 Å². The number of ether oxygens (including phenoxy) is 1. The Morgan fingerprint density at radius 2 is 1.74 bits per heavy atom. The molecule has 0 radical (unpaired) electrons. The smallest absolute Gasteiger partial charge is 0.293 e.